The Bertz CT molecular complexity index is 1080. The molecule has 0 aliphatic heterocycles. The Kier molecular flexibility index (Phi) is 6.29. The predicted molar refractivity (Wildman–Crippen MR) is 116 cm³/mol. The van der Waals surface area contributed by atoms with E-state index in [-0.39, 0.29) is 17.3 Å². The normalized spacial score (nSPS) is 15.7. The van der Waals surface area contributed by atoms with Gasteiger partial charge in [0.1, 0.15) is 5.82 Å². The summed E-state index contributed by atoms with van der Waals surface area (Å²) >= 11 is 0. The molecule has 2 aliphatic carbocycles. The summed E-state index contributed by atoms with van der Waals surface area (Å²) in [7, 11) is 0. The number of amides is 2. The number of nitrogens with zero attached hydrogens (tertiary/aromatic N) is 3. The van der Waals surface area contributed by atoms with E-state index in [1.54, 1.807) is 13.0 Å². The molecule has 4 rings (SSSR count). The summed E-state index contributed by atoms with van der Waals surface area (Å²) in [6.07, 6.45) is 11.0. The average molecular weight is 425 g/mol. The lowest BCUT2D eigenvalue weighted by molar-refractivity contribution is -0.136. The highest BCUT2D eigenvalue weighted by molar-refractivity contribution is 6.39. The molecule has 0 unspecified atom stereocenters. The fourth-order valence-electron chi connectivity index (χ4n) is 4.16. The first-order chi connectivity index (χ1) is 15.0. The van der Waals surface area contributed by atoms with Crippen LogP contribution in [0.1, 0.15) is 61.9 Å². The first kappa shape index (κ1) is 21.0. The number of carbonyl (C=O) groups excluding carboxylic acids is 2. The largest absolute Gasteiger partial charge is 0.348 e. The number of nitrogens with one attached hydrogen (secondary N) is 3. The number of allylic oxidation sites excluding steroid dienone is 1. The van der Waals surface area contributed by atoms with Gasteiger partial charge in [0.2, 0.25) is 5.95 Å². The zero-order valence-corrected chi connectivity index (χ0v) is 17.8. The highest BCUT2D eigenvalue weighted by Gasteiger charge is 2.21. The molecule has 2 aromatic heterocycles. The number of hydrogen-bond acceptors (Lipinski definition) is 5. The smallest absolute Gasteiger partial charge is 0.314 e. The zero-order valence-electron chi connectivity index (χ0n) is 17.8. The highest BCUT2D eigenvalue weighted by atomic mass is 16.2. The van der Waals surface area contributed by atoms with Crippen LogP contribution in [0.5, 0.6) is 0 Å². The van der Waals surface area contributed by atoms with Gasteiger partial charge in [0.25, 0.3) is 5.56 Å². The minimum absolute atomic E-state index is 0.181. The Morgan fingerprint density at radius 3 is 2.74 bits per heavy atom. The standard InChI is InChI=1S/C22H28N6O3/c1-14-13-18(25-21(31)20(30)23-12-11-15-7-3-2-4-8-15)28(27-14)22-24-17-10-6-5-9-16(17)19(29)26-22/h7,13H,2-6,8-12H2,1H3,(H,23,30)(H,25,31)(H,24,26,29). The van der Waals surface area contributed by atoms with Crippen molar-refractivity contribution in [1.82, 2.24) is 25.1 Å². The SMILES string of the molecule is Cc1cc(NC(=O)C(=O)NCCC2=CCCCC2)n(-c2nc3c(c(=O)[nH]2)CCCC3)n1. The van der Waals surface area contributed by atoms with Gasteiger partial charge in [-0.3, -0.25) is 19.4 Å². The van der Waals surface area contributed by atoms with Gasteiger partial charge in [0.15, 0.2) is 0 Å². The molecule has 2 amide bonds. The molecule has 164 valence electrons. The molecule has 0 atom stereocenters. The summed E-state index contributed by atoms with van der Waals surface area (Å²) in [4.78, 5) is 44.4. The fraction of sp³-hybridized carbons (Fsp3) is 0.500. The number of hydrogen-bond donors (Lipinski definition) is 3. The number of aromatic amines is 1. The van der Waals surface area contributed by atoms with E-state index in [1.807, 2.05) is 0 Å². The van der Waals surface area contributed by atoms with E-state index in [2.05, 4.69) is 31.8 Å². The third kappa shape index (κ3) is 4.92. The minimum Gasteiger partial charge on any atom is -0.348 e. The lowest BCUT2D eigenvalue weighted by Crippen LogP contribution is -2.36. The second-order valence-corrected chi connectivity index (χ2v) is 8.17. The van der Waals surface area contributed by atoms with Gasteiger partial charge in [-0.25, -0.2) is 4.98 Å². The average Bonchev–Trinajstić information content (AvgIpc) is 3.14. The van der Waals surface area contributed by atoms with Gasteiger partial charge in [-0.2, -0.15) is 9.78 Å². The number of carbonyl (C=O) groups is 2. The van der Waals surface area contributed by atoms with Crippen LogP contribution in [-0.2, 0) is 22.4 Å². The number of fused-ring (bicyclic) bond motifs is 1. The first-order valence-electron chi connectivity index (χ1n) is 11.0. The second kappa shape index (κ2) is 9.28. The van der Waals surface area contributed by atoms with Crippen LogP contribution in [-0.4, -0.2) is 38.1 Å². The summed E-state index contributed by atoms with van der Waals surface area (Å²) in [5, 5.41) is 9.60. The van der Waals surface area contributed by atoms with Gasteiger partial charge in [0, 0.05) is 18.2 Å². The van der Waals surface area contributed by atoms with Crippen molar-refractivity contribution in [1.29, 1.82) is 0 Å². The number of anilines is 1. The van der Waals surface area contributed by atoms with Crippen LogP contribution in [0, 0.1) is 6.92 Å². The fourth-order valence-corrected chi connectivity index (χ4v) is 4.16. The van der Waals surface area contributed by atoms with Gasteiger partial charge < -0.3 is 10.6 Å². The minimum atomic E-state index is -0.779. The Balaban J connectivity index is 1.44. The van der Waals surface area contributed by atoms with Crippen molar-refractivity contribution < 1.29 is 9.59 Å². The van der Waals surface area contributed by atoms with Crippen LogP contribution in [0.25, 0.3) is 5.95 Å². The maximum atomic E-state index is 12.5. The van der Waals surface area contributed by atoms with Crippen molar-refractivity contribution in [2.45, 2.75) is 64.7 Å². The maximum absolute atomic E-state index is 12.5. The summed E-state index contributed by atoms with van der Waals surface area (Å²) in [5.74, 6) is -0.960. The molecule has 9 nitrogen and oxygen atoms in total. The van der Waals surface area contributed by atoms with E-state index >= 15 is 0 Å². The maximum Gasteiger partial charge on any atom is 0.314 e. The van der Waals surface area contributed by atoms with E-state index in [0.29, 0.717) is 12.2 Å². The molecule has 0 aromatic carbocycles. The summed E-state index contributed by atoms with van der Waals surface area (Å²) in [5.41, 5.74) is 3.27. The lowest BCUT2D eigenvalue weighted by Gasteiger charge is -2.15. The van der Waals surface area contributed by atoms with Gasteiger partial charge >= 0.3 is 11.8 Å². The quantitative estimate of drug-likeness (QED) is 0.501. The van der Waals surface area contributed by atoms with Gasteiger partial charge in [-0.05, 0) is 64.7 Å². The summed E-state index contributed by atoms with van der Waals surface area (Å²) < 4.78 is 1.36. The highest BCUT2D eigenvalue weighted by Crippen LogP contribution is 2.20. The molecule has 2 heterocycles. The number of aromatic nitrogens is 4. The second-order valence-electron chi connectivity index (χ2n) is 8.17. The van der Waals surface area contributed by atoms with E-state index in [9.17, 15) is 14.4 Å². The van der Waals surface area contributed by atoms with Crippen LogP contribution in [0.15, 0.2) is 22.5 Å². The molecule has 2 aliphatic rings. The molecule has 2 aromatic rings. The van der Waals surface area contributed by atoms with Crippen molar-refractivity contribution in [3.05, 3.63) is 45.0 Å². The molecule has 0 saturated heterocycles. The first-order valence-corrected chi connectivity index (χ1v) is 11.0. The van der Waals surface area contributed by atoms with Crippen molar-refractivity contribution >= 4 is 17.6 Å². The van der Waals surface area contributed by atoms with E-state index in [4.69, 9.17) is 0 Å². The van der Waals surface area contributed by atoms with Crippen molar-refractivity contribution in [3.8, 4) is 5.95 Å². The van der Waals surface area contributed by atoms with E-state index in [1.165, 1.54) is 23.1 Å². The topological polar surface area (TPSA) is 122 Å². The van der Waals surface area contributed by atoms with Crippen molar-refractivity contribution in [2.24, 2.45) is 0 Å². The zero-order chi connectivity index (χ0) is 21.8. The molecule has 31 heavy (non-hydrogen) atoms. The van der Waals surface area contributed by atoms with Crippen LogP contribution in [0.4, 0.5) is 5.82 Å². The number of aryl methyl sites for hydroxylation is 2. The van der Waals surface area contributed by atoms with Crippen molar-refractivity contribution in [3.63, 3.8) is 0 Å². The third-order valence-electron chi connectivity index (χ3n) is 5.78. The molecule has 3 N–H and O–H groups in total. The van der Waals surface area contributed by atoms with Gasteiger partial charge in [0.05, 0.1) is 11.4 Å². The Labute approximate surface area is 180 Å². The molecule has 9 heteroatoms. The molecule has 0 saturated carbocycles. The van der Waals surface area contributed by atoms with Crippen molar-refractivity contribution in [2.75, 3.05) is 11.9 Å². The molecule has 0 bridgehead atoms. The van der Waals surface area contributed by atoms with E-state index in [0.717, 1.165) is 56.2 Å². The molecule has 0 radical (unpaired) electrons. The molecule has 0 spiro atoms. The Hall–Kier alpha value is -3.23. The molecular weight excluding hydrogens is 396 g/mol. The lowest BCUT2D eigenvalue weighted by atomic mass is 9.97. The Morgan fingerprint density at radius 2 is 1.94 bits per heavy atom. The number of rotatable bonds is 5. The van der Waals surface area contributed by atoms with Crippen LogP contribution in [0.3, 0.4) is 0 Å². The van der Waals surface area contributed by atoms with Gasteiger partial charge in [-0.15, -0.1) is 0 Å². The van der Waals surface area contributed by atoms with E-state index < -0.39 is 11.8 Å². The third-order valence-corrected chi connectivity index (χ3v) is 5.78. The summed E-state index contributed by atoms with van der Waals surface area (Å²) in [6.45, 7) is 2.19. The van der Waals surface area contributed by atoms with Crippen LogP contribution in [0.2, 0.25) is 0 Å². The van der Waals surface area contributed by atoms with Crippen LogP contribution < -0.4 is 16.2 Å². The molecular formula is C22H28N6O3. The van der Waals surface area contributed by atoms with Crippen LogP contribution >= 0.6 is 0 Å². The van der Waals surface area contributed by atoms with Gasteiger partial charge in [-0.1, -0.05) is 11.6 Å². The Morgan fingerprint density at radius 1 is 1.13 bits per heavy atom. The monoisotopic (exact) mass is 424 g/mol. The molecule has 0 fully saturated rings. The summed E-state index contributed by atoms with van der Waals surface area (Å²) in [6, 6.07) is 1.64. The number of H-pyrrole nitrogens is 1. The predicted octanol–water partition coefficient (Wildman–Crippen LogP) is 2.09.